The number of amides is 1. The highest BCUT2D eigenvalue weighted by atomic mass is 79.9. The fourth-order valence-corrected chi connectivity index (χ4v) is 3.10. The molecule has 0 saturated carbocycles. The van der Waals surface area contributed by atoms with Gasteiger partial charge in [0, 0.05) is 23.2 Å². The lowest BCUT2D eigenvalue weighted by Crippen LogP contribution is -2.12. The second-order valence-electron chi connectivity index (χ2n) is 5.96. The number of hydrogen-bond acceptors (Lipinski definition) is 3. The Hall–Kier alpha value is -3.17. The molecule has 2 aromatic carbocycles. The van der Waals surface area contributed by atoms with Gasteiger partial charge in [-0.2, -0.15) is 10.4 Å². The van der Waals surface area contributed by atoms with Crippen LogP contribution in [0.4, 0.5) is 5.82 Å². The number of carbonyl (C=O) groups is 1. The summed E-state index contributed by atoms with van der Waals surface area (Å²) >= 11 is 3.43. The lowest BCUT2D eigenvalue weighted by molar-refractivity contribution is -0.111. The summed E-state index contributed by atoms with van der Waals surface area (Å²) in [6.07, 6.45) is 3.06. The lowest BCUT2D eigenvalue weighted by Gasteiger charge is -2.08. The van der Waals surface area contributed by atoms with Crippen molar-refractivity contribution in [3.8, 4) is 17.2 Å². The number of anilines is 1. The van der Waals surface area contributed by atoms with Gasteiger partial charge in [-0.1, -0.05) is 46.3 Å². The number of benzene rings is 2. The largest absolute Gasteiger partial charge is 0.307 e. The molecule has 0 unspecified atom stereocenters. The molecule has 0 bridgehead atoms. The number of nitrogens with zero attached hydrogens (tertiary/aromatic N) is 3. The van der Waals surface area contributed by atoms with Gasteiger partial charge < -0.3 is 5.32 Å². The highest BCUT2D eigenvalue weighted by Gasteiger charge is 2.16. The zero-order valence-electron chi connectivity index (χ0n) is 14.9. The Morgan fingerprint density at radius 1 is 1.22 bits per heavy atom. The number of nitrogens with one attached hydrogen (secondary N) is 1. The molecule has 134 valence electrons. The van der Waals surface area contributed by atoms with Gasteiger partial charge in [-0.25, -0.2) is 0 Å². The molecular weight excluding hydrogens is 404 g/mol. The molecule has 6 heteroatoms. The van der Waals surface area contributed by atoms with Crippen molar-refractivity contribution in [1.29, 1.82) is 5.26 Å². The summed E-state index contributed by atoms with van der Waals surface area (Å²) in [5.74, 6) is 0.335. The number of nitriles is 1. The average molecular weight is 421 g/mol. The first-order valence-electron chi connectivity index (χ1n) is 8.27. The van der Waals surface area contributed by atoms with E-state index in [1.807, 2.05) is 37.3 Å². The molecule has 1 N–H and O–H groups in total. The fourth-order valence-electron chi connectivity index (χ4n) is 2.83. The summed E-state index contributed by atoms with van der Waals surface area (Å²) in [6, 6.07) is 17.1. The monoisotopic (exact) mass is 420 g/mol. The van der Waals surface area contributed by atoms with Crippen LogP contribution in [0, 0.1) is 18.3 Å². The number of rotatable bonds is 4. The predicted molar refractivity (Wildman–Crippen MR) is 110 cm³/mol. The Bertz CT molecular complexity index is 1060. The van der Waals surface area contributed by atoms with Crippen LogP contribution in [-0.4, -0.2) is 15.7 Å². The van der Waals surface area contributed by atoms with Crippen LogP contribution < -0.4 is 5.32 Å². The van der Waals surface area contributed by atoms with Crippen LogP contribution in [0.2, 0.25) is 0 Å². The Morgan fingerprint density at radius 2 is 1.93 bits per heavy atom. The Morgan fingerprint density at radius 3 is 2.63 bits per heavy atom. The Labute approximate surface area is 166 Å². The third kappa shape index (κ3) is 4.15. The van der Waals surface area contributed by atoms with Crippen LogP contribution in [0.25, 0.3) is 17.2 Å². The number of carbonyl (C=O) groups excluding carboxylic acids is 1. The molecule has 0 spiro atoms. The molecule has 0 atom stereocenters. The first-order valence-corrected chi connectivity index (χ1v) is 9.06. The van der Waals surface area contributed by atoms with Gasteiger partial charge in [-0.05, 0) is 42.3 Å². The molecule has 0 fully saturated rings. The average Bonchev–Trinajstić information content (AvgIpc) is 2.94. The van der Waals surface area contributed by atoms with E-state index < -0.39 is 0 Å². The van der Waals surface area contributed by atoms with Crippen molar-refractivity contribution < 1.29 is 4.79 Å². The summed E-state index contributed by atoms with van der Waals surface area (Å²) in [5, 5.41) is 16.5. The van der Waals surface area contributed by atoms with E-state index in [2.05, 4.69) is 32.4 Å². The first kappa shape index (κ1) is 18.6. The van der Waals surface area contributed by atoms with Crippen LogP contribution in [0.3, 0.4) is 0 Å². The van der Waals surface area contributed by atoms with Crippen molar-refractivity contribution in [3.05, 3.63) is 75.9 Å². The smallest absolute Gasteiger partial charge is 0.249 e. The van der Waals surface area contributed by atoms with Crippen LogP contribution in [0.15, 0.2) is 59.1 Å². The molecule has 1 amide bonds. The van der Waals surface area contributed by atoms with E-state index in [9.17, 15) is 4.79 Å². The van der Waals surface area contributed by atoms with E-state index >= 15 is 0 Å². The number of halogens is 1. The van der Waals surface area contributed by atoms with Crippen molar-refractivity contribution in [1.82, 2.24) is 9.78 Å². The molecule has 0 aliphatic carbocycles. The van der Waals surface area contributed by atoms with Crippen molar-refractivity contribution in [2.75, 3.05) is 5.32 Å². The molecule has 3 aromatic rings. The van der Waals surface area contributed by atoms with E-state index in [0.29, 0.717) is 16.9 Å². The van der Waals surface area contributed by atoms with E-state index in [-0.39, 0.29) is 5.91 Å². The molecule has 0 saturated heterocycles. The van der Waals surface area contributed by atoms with Gasteiger partial charge in [0.1, 0.15) is 5.82 Å². The number of aromatic nitrogens is 2. The topological polar surface area (TPSA) is 70.7 Å². The highest BCUT2D eigenvalue weighted by molar-refractivity contribution is 9.10. The van der Waals surface area contributed by atoms with Gasteiger partial charge >= 0.3 is 0 Å². The standard InChI is InChI=1S/C21H17BrN4O/c1-14-20(16-7-10-18(22)11-8-16)21(26(2)25-14)24-19(27)12-9-15-5-3-4-6-17(15)13-23/h3-12H,1-2H3,(H,24,27)/b12-9+. The van der Waals surface area contributed by atoms with E-state index in [1.54, 1.807) is 36.0 Å². The van der Waals surface area contributed by atoms with E-state index in [1.165, 1.54) is 6.08 Å². The number of aryl methyl sites for hydroxylation is 2. The first-order chi connectivity index (χ1) is 13.0. The molecule has 1 aromatic heterocycles. The van der Waals surface area contributed by atoms with Crippen LogP contribution in [0.5, 0.6) is 0 Å². The summed E-state index contributed by atoms with van der Waals surface area (Å²) in [4.78, 5) is 12.5. The summed E-state index contributed by atoms with van der Waals surface area (Å²) < 4.78 is 2.64. The van der Waals surface area contributed by atoms with Gasteiger partial charge in [-0.3, -0.25) is 9.48 Å². The van der Waals surface area contributed by atoms with Gasteiger partial charge in [0.05, 0.1) is 17.3 Å². The van der Waals surface area contributed by atoms with Gasteiger partial charge in [-0.15, -0.1) is 0 Å². The van der Waals surface area contributed by atoms with Crippen molar-refractivity contribution in [2.45, 2.75) is 6.92 Å². The second kappa shape index (κ2) is 8.02. The van der Waals surface area contributed by atoms with Gasteiger partial charge in [0.2, 0.25) is 5.91 Å². The number of hydrogen-bond donors (Lipinski definition) is 1. The second-order valence-corrected chi connectivity index (χ2v) is 6.88. The molecule has 3 rings (SSSR count). The van der Waals surface area contributed by atoms with Crippen molar-refractivity contribution in [2.24, 2.45) is 7.05 Å². The molecule has 0 aliphatic heterocycles. The van der Waals surface area contributed by atoms with Gasteiger partial charge in [0.25, 0.3) is 0 Å². The SMILES string of the molecule is Cc1nn(C)c(NC(=O)/C=C/c2ccccc2C#N)c1-c1ccc(Br)cc1. The maximum Gasteiger partial charge on any atom is 0.249 e. The third-order valence-corrected chi connectivity index (χ3v) is 4.62. The molecule has 0 radical (unpaired) electrons. The molecule has 27 heavy (non-hydrogen) atoms. The van der Waals surface area contributed by atoms with Crippen LogP contribution >= 0.6 is 15.9 Å². The Kier molecular flexibility index (Phi) is 5.53. The maximum absolute atomic E-state index is 12.5. The van der Waals surface area contributed by atoms with Crippen molar-refractivity contribution >= 4 is 33.7 Å². The van der Waals surface area contributed by atoms with Gasteiger partial charge in [0.15, 0.2) is 0 Å². The minimum Gasteiger partial charge on any atom is -0.307 e. The zero-order chi connectivity index (χ0) is 19.4. The fraction of sp³-hybridized carbons (Fsp3) is 0.0952. The quantitative estimate of drug-likeness (QED) is 0.622. The zero-order valence-corrected chi connectivity index (χ0v) is 16.5. The normalized spacial score (nSPS) is 10.7. The predicted octanol–water partition coefficient (Wildman–Crippen LogP) is 4.68. The van der Waals surface area contributed by atoms with Crippen molar-refractivity contribution in [3.63, 3.8) is 0 Å². The maximum atomic E-state index is 12.5. The molecule has 5 nitrogen and oxygen atoms in total. The molecular formula is C21H17BrN4O. The molecule has 1 heterocycles. The third-order valence-electron chi connectivity index (χ3n) is 4.09. The molecule has 0 aliphatic rings. The summed E-state index contributed by atoms with van der Waals surface area (Å²) in [5.41, 5.74) is 3.90. The minimum absolute atomic E-state index is 0.288. The minimum atomic E-state index is -0.288. The highest BCUT2D eigenvalue weighted by Crippen LogP contribution is 2.31. The summed E-state index contributed by atoms with van der Waals surface area (Å²) in [7, 11) is 1.79. The van der Waals surface area contributed by atoms with Crippen LogP contribution in [-0.2, 0) is 11.8 Å². The van der Waals surface area contributed by atoms with Crippen LogP contribution in [0.1, 0.15) is 16.8 Å². The Balaban J connectivity index is 1.87. The lowest BCUT2D eigenvalue weighted by atomic mass is 10.1. The summed E-state index contributed by atoms with van der Waals surface area (Å²) in [6.45, 7) is 1.91. The van der Waals surface area contributed by atoms with E-state index in [0.717, 1.165) is 21.3 Å². The van der Waals surface area contributed by atoms with E-state index in [4.69, 9.17) is 5.26 Å².